The summed E-state index contributed by atoms with van der Waals surface area (Å²) in [6.07, 6.45) is 0. The minimum atomic E-state index is 0.415. The monoisotopic (exact) mass is 315 g/mol. The average Bonchev–Trinajstić information content (AvgIpc) is 2.99. The van der Waals surface area contributed by atoms with E-state index < -0.39 is 0 Å². The summed E-state index contributed by atoms with van der Waals surface area (Å²) in [5, 5.41) is 13.0. The fourth-order valence-corrected chi connectivity index (χ4v) is 2.73. The summed E-state index contributed by atoms with van der Waals surface area (Å²) >= 11 is 5.96. The molecule has 0 unspecified atom stereocenters. The highest BCUT2D eigenvalue weighted by Gasteiger charge is 2.13. The minimum Gasteiger partial charge on any atom is -0.378 e. The van der Waals surface area contributed by atoms with Crippen LogP contribution in [-0.2, 0) is 4.74 Å². The van der Waals surface area contributed by atoms with Crippen molar-refractivity contribution in [3.63, 3.8) is 0 Å². The van der Waals surface area contributed by atoms with Crippen molar-refractivity contribution in [1.29, 1.82) is 0 Å². The van der Waals surface area contributed by atoms with Crippen LogP contribution in [0, 0.1) is 0 Å². The summed E-state index contributed by atoms with van der Waals surface area (Å²) in [6, 6.07) is 11.7. The van der Waals surface area contributed by atoms with Gasteiger partial charge in [0.15, 0.2) is 11.5 Å². The first-order chi connectivity index (χ1) is 10.8. The molecule has 1 aromatic carbocycles. The van der Waals surface area contributed by atoms with Crippen molar-refractivity contribution in [2.75, 3.05) is 31.2 Å². The minimum absolute atomic E-state index is 0.415. The molecular weight excluding hydrogens is 302 g/mol. The molecule has 0 N–H and O–H groups in total. The number of fused-ring (bicyclic) bond motifs is 1. The zero-order valence-corrected chi connectivity index (χ0v) is 12.6. The standard InChI is InChI=1S/C15H14ClN5O/c16-13-5-6-14-17-18-15(21(14)19-13)11-1-3-12(4-2-11)20-7-9-22-10-8-20/h1-6H,7-10H2. The normalized spacial score (nSPS) is 15.4. The molecule has 0 amide bonds. The third kappa shape index (κ3) is 2.40. The Balaban J connectivity index is 1.68. The van der Waals surface area contributed by atoms with E-state index in [9.17, 15) is 0 Å². The molecule has 6 nitrogen and oxygen atoms in total. The largest absolute Gasteiger partial charge is 0.378 e. The highest BCUT2D eigenvalue weighted by Crippen LogP contribution is 2.23. The molecule has 4 rings (SSSR count). The van der Waals surface area contributed by atoms with Crippen molar-refractivity contribution in [2.45, 2.75) is 0 Å². The van der Waals surface area contributed by atoms with Gasteiger partial charge in [0.25, 0.3) is 0 Å². The van der Waals surface area contributed by atoms with E-state index >= 15 is 0 Å². The molecule has 1 aliphatic heterocycles. The van der Waals surface area contributed by atoms with Crippen molar-refractivity contribution < 1.29 is 4.74 Å². The molecule has 2 aromatic heterocycles. The first kappa shape index (κ1) is 13.5. The van der Waals surface area contributed by atoms with Crippen molar-refractivity contribution in [3.8, 4) is 11.4 Å². The molecule has 1 aliphatic rings. The smallest absolute Gasteiger partial charge is 0.185 e. The Morgan fingerprint density at radius 3 is 2.50 bits per heavy atom. The van der Waals surface area contributed by atoms with Crippen LogP contribution in [0.2, 0.25) is 5.15 Å². The Morgan fingerprint density at radius 1 is 0.955 bits per heavy atom. The number of nitrogens with zero attached hydrogens (tertiary/aromatic N) is 5. The van der Waals surface area contributed by atoms with Crippen LogP contribution in [0.3, 0.4) is 0 Å². The summed E-state index contributed by atoms with van der Waals surface area (Å²) < 4.78 is 7.04. The molecule has 112 valence electrons. The Labute approximate surface area is 132 Å². The zero-order valence-electron chi connectivity index (χ0n) is 11.8. The van der Waals surface area contributed by atoms with Gasteiger partial charge in [0.2, 0.25) is 0 Å². The van der Waals surface area contributed by atoms with Crippen molar-refractivity contribution in [3.05, 3.63) is 41.6 Å². The van der Waals surface area contributed by atoms with Gasteiger partial charge in [-0.05, 0) is 36.4 Å². The van der Waals surface area contributed by atoms with E-state index in [1.54, 1.807) is 16.6 Å². The van der Waals surface area contributed by atoms with Gasteiger partial charge in [0.05, 0.1) is 13.2 Å². The molecule has 0 bridgehead atoms. The quantitative estimate of drug-likeness (QED) is 0.726. The SMILES string of the molecule is Clc1ccc2nnc(-c3ccc(N4CCOCC4)cc3)n2n1. The molecule has 22 heavy (non-hydrogen) atoms. The second-order valence-corrected chi connectivity index (χ2v) is 5.48. The second kappa shape index (κ2) is 5.55. The summed E-state index contributed by atoms with van der Waals surface area (Å²) in [5.41, 5.74) is 2.82. The number of rotatable bonds is 2. The number of halogens is 1. The molecule has 0 saturated carbocycles. The van der Waals surface area contributed by atoms with Gasteiger partial charge in [-0.2, -0.15) is 9.61 Å². The lowest BCUT2D eigenvalue weighted by Gasteiger charge is -2.28. The number of hydrogen-bond donors (Lipinski definition) is 0. The van der Waals surface area contributed by atoms with E-state index in [2.05, 4.69) is 32.3 Å². The molecule has 1 saturated heterocycles. The van der Waals surface area contributed by atoms with Crippen LogP contribution in [0.1, 0.15) is 0 Å². The first-order valence-electron chi connectivity index (χ1n) is 7.12. The molecule has 3 aromatic rings. The van der Waals surface area contributed by atoms with Crippen LogP contribution in [-0.4, -0.2) is 46.1 Å². The number of aromatic nitrogens is 4. The van der Waals surface area contributed by atoms with Crippen molar-refractivity contribution in [1.82, 2.24) is 19.8 Å². The van der Waals surface area contributed by atoms with E-state index in [1.807, 2.05) is 12.1 Å². The van der Waals surface area contributed by atoms with Crippen LogP contribution in [0.5, 0.6) is 0 Å². The molecule has 0 aliphatic carbocycles. The van der Waals surface area contributed by atoms with Crippen molar-refractivity contribution >= 4 is 22.9 Å². The highest BCUT2D eigenvalue weighted by molar-refractivity contribution is 6.29. The van der Waals surface area contributed by atoms with Crippen LogP contribution in [0.4, 0.5) is 5.69 Å². The molecule has 3 heterocycles. The van der Waals surface area contributed by atoms with E-state index in [0.29, 0.717) is 16.6 Å². The van der Waals surface area contributed by atoms with Crippen LogP contribution in [0.15, 0.2) is 36.4 Å². The third-order valence-corrected chi connectivity index (χ3v) is 3.93. The van der Waals surface area contributed by atoms with Gasteiger partial charge in [-0.15, -0.1) is 10.2 Å². The molecule has 0 radical (unpaired) electrons. The number of benzene rings is 1. The van der Waals surface area contributed by atoms with Gasteiger partial charge in [0.1, 0.15) is 5.15 Å². The van der Waals surface area contributed by atoms with Crippen molar-refractivity contribution in [2.24, 2.45) is 0 Å². The Bertz CT molecular complexity index is 795. The molecule has 0 spiro atoms. The van der Waals surface area contributed by atoms with Crippen LogP contribution >= 0.6 is 11.6 Å². The molecule has 0 atom stereocenters. The predicted molar refractivity (Wildman–Crippen MR) is 84.3 cm³/mol. The number of morpholine rings is 1. The third-order valence-electron chi connectivity index (χ3n) is 3.73. The number of hydrogen-bond acceptors (Lipinski definition) is 5. The predicted octanol–water partition coefficient (Wildman–Crippen LogP) is 2.28. The number of anilines is 1. The van der Waals surface area contributed by atoms with E-state index in [-0.39, 0.29) is 0 Å². The molecule has 7 heteroatoms. The lowest BCUT2D eigenvalue weighted by molar-refractivity contribution is 0.122. The summed E-state index contributed by atoms with van der Waals surface area (Å²) in [4.78, 5) is 2.31. The highest BCUT2D eigenvalue weighted by atomic mass is 35.5. The Hall–Kier alpha value is -2.18. The summed E-state index contributed by atoms with van der Waals surface area (Å²) in [7, 11) is 0. The average molecular weight is 316 g/mol. The summed E-state index contributed by atoms with van der Waals surface area (Å²) in [5.74, 6) is 0.686. The van der Waals surface area contributed by atoms with E-state index in [0.717, 1.165) is 31.9 Å². The number of ether oxygens (including phenoxy) is 1. The summed E-state index contributed by atoms with van der Waals surface area (Å²) in [6.45, 7) is 3.40. The van der Waals surface area contributed by atoms with E-state index in [4.69, 9.17) is 16.3 Å². The lowest BCUT2D eigenvalue weighted by Crippen LogP contribution is -2.36. The zero-order chi connectivity index (χ0) is 14.9. The van der Waals surface area contributed by atoms with Gasteiger partial charge < -0.3 is 9.64 Å². The Morgan fingerprint density at radius 2 is 1.73 bits per heavy atom. The fraction of sp³-hybridized carbons (Fsp3) is 0.267. The maximum atomic E-state index is 5.96. The molecule has 1 fully saturated rings. The maximum Gasteiger partial charge on any atom is 0.185 e. The maximum absolute atomic E-state index is 5.96. The topological polar surface area (TPSA) is 55.5 Å². The van der Waals surface area contributed by atoms with Gasteiger partial charge in [-0.25, -0.2) is 0 Å². The van der Waals surface area contributed by atoms with Gasteiger partial charge in [-0.1, -0.05) is 11.6 Å². The van der Waals surface area contributed by atoms with Gasteiger partial charge >= 0.3 is 0 Å². The van der Waals surface area contributed by atoms with Gasteiger partial charge in [0, 0.05) is 24.3 Å². The lowest BCUT2D eigenvalue weighted by atomic mass is 10.2. The Kier molecular flexibility index (Phi) is 3.40. The molecular formula is C15H14ClN5O. The van der Waals surface area contributed by atoms with Gasteiger partial charge in [-0.3, -0.25) is 0 Å². The first-order valence-corrected chi connectivity index (χ1v) is 7.50. The second-order valence-electron chi connectivity index (χ2n) is 5.10. The van der Waals surface area contributed by atoms with Crippen LogP contribution < -0.4 is 4.90 Å². The van der Waals surface area contributed by atoms with Crippen LogP contribution in [0.25, 0.3) is 17.0 Å². The van der Waals surface area contributed by atoms with E-state index in [1.165, 1.54) is 5.69 Å². The fourth-order valence-electron chi connectivity index (χ4n) is 2.59.